The van der Waals surface area contributed by atoms with Crippen molar-refractivity contribution in [3.63, 3.8) is 0 Å². The number of ether oxygens (including phenoxy) is 2. The Morgan fingerprint density at radius 3 is 2.73 bits per heavy atom. The number of carbonyl (C=O) groups excluding carboxylic acids is 1. The number of fused-ring (bicyclic) bond motifs is 2. The molecule has 3 rings (SSSR count). The average Bonchev–Trinajstić information content (AvgIpc) is 2.52. The minimum atomic E-state index is -0.261. The van der Waals surface area contributed by atoms with Crippen molar-refractivity contribution in [1.29, 1.82) is 0 Å². The van der Waals surface area contributed by atoms with Crippen LogP contribution in [0.2, 0.25) is 0 Å². The molecule has 0 aliphatic carbocycles. The zero-order valence-electron chi connectivity index (χ0n) is 12.8. The third kappa shape index (κ3) is 3.65. The summed E-state index contributed by atoms with van der Waals surface area (Å²) in [6.45, 7) is 2.54. The number of para-hydroxylation sites is 1. The van der Waals surface area contributed by atoms with Gasteiger partial charge in [-0.2, -0.15) is 0 Å². The monoisotopic (exact) mass is 322 g/mol. The van der Waals surface area contributed by atoms with E-state index in [-0.39, 0.29) is 43.7 Å². The maximum absolute atomic E-state index is 12.2. The van der Waals surface area contributed by atoms with Gasteiger partial charge in [-0.3, -0.25) is 0 Å². The van der Waals surface area contributed by atoms with Gasteiger partial charge in [-0.1, -0.05) is 37.6 Å². The fourth-order valence-electron chi connectivity index (χ4n) is 2.48. The first-order valence-corrected chi connectivity index (χ1v) is 7.34. The fourth-order valence-corrected chi connectivity index (χ4v) is 2.48. The smallest absolute Gasteiger partial charge is 0.338 e. The van der Waals surface area contributed by atoms with Gasteiger partial charge in [0.2, 0.25) is 0 Å². The van der Waals surface area contributed by atoms with Gasteiger partial charge in [-0.05, 0) is 30.2 Å². The van der Waals surface area contributed by atoms with E-state index in [4.69, 9.17) is 9.47 Å². The second-order valence-corrected chi connectivity index (χ2v) is 5.16. The normalized spacial score (nSPS) is 11.5. The second kappa shape index (κ2) is 8.00. The van der Waals surface area contributed by atoms with Gasteiger partial charge < -0.3 is 9.47 Å². The van der Waals surface area contributed by atoms with E-state index in [1.807, 2.05) is 42.5 Å². The largest absolute Gasteiger partial charge is 0.462 e. The van der Waals surface area contributed by atoms with Crippen molar-refractivity contribution in [2.75, 3.05) is 6.61 Å². The maximum Gasteiger partial charge on any atom is 0.338 e. The molecule has 1 aliphatic heterocycles. The van der Waals surface area contributed by atoms with Crippen LogP contribution < -0.4 is 4.74 Å². The van der Waals surface area contributed by atoms with Crippen LogP contribution in [0.5, 0.6) is 11.5 Å². The molecule has 4 heteroatoms. The van der Waals surface area contributed by atoms with Gasteiger partial charge in [0.05, 0.1) is 12.2 Å². The molecule has 0 atom stereocenters. The Morgan fingerprint density at radius 1 is 1.14 bits per heavy atom. The zero-order chi connectivity index (χ0) is 14.7. The van der Waals surface area contributed by atoms with Crippen molar-refractivity contribution in [2.45, 2.75) is 26.2 Å². The second-order valence-electron chi connectivity index (χ2n) is 5.16. The van der Waals surface area contributed by atoms with Gasteiger partial charge in [0, 0.05) is 49.7 Å². The van der Waals surface area contributed by atoms with Crippen LogP contribution in [0.4, 0.5) is 0 Å². The summed E-state index contributed by atoms with van der Waals surface area (Å²) >= 11 is 0. The van der Waals surface area contributed by atoms with Crippen LogP contribution in [0, 0.1) is 0 Å². The van der Waals surface area contributed by atoms with Crippen LogP contribution in [0.1, 0.15) is 41.3 Å². The first-order valence-electron chi connectivity index (χ1n) is 7.34. The van der Waals surface area contributed by atoms with E-state index in [0.717, 1.165) is 35.5 Å². The first-order chi connectivity index (χ1) is 10.3. The number of hydrogen-bond acceptors (Lipinski definition) is 3. The van der Waals surface area contributed by atoms with E-state index in [1.54, 1.807) is 0 Å². The van der Waals surface area contributed by atoms with Gasteiger partial charge in [-0.15, -0.1) is 0 Å². The molecular weight excluding hydrogens is 304 g/mol. The van der Waals surface area contributed by atoms with E-state index >= 15 is 0 Å². The molecule has 0 saturated heterocycles. The fraction of sp³-hybridized carbons (Fsp3) is 0.278. The summed E-state index contributed by atoms with van der Waals surface area (Å²) in [5.41, 5.74) is 2.62. The van der Waals surface area contributed by atoms with Crippen LogP contribution in [0.3, 0.4) is 0 Å². The SMILES string of the molecule is CCCCOC(=O)c1cccc2c1Cc1ccccc1O2.[Ca]. The van der Waals surface area contributed by atoms with Crippen LogP contribution in [-0.2, 0) is 11.2 Å². The van der Waals surface area contributed by atoms with E-state index in [9.17, 15) is 4.79 Å². The molecule has 110 valence electrons. The van der Waals surface area contributed by atoms with E-state index in [1.165, 1.54) is 0 Å². The van der Waals surface area contributed by atoms with Gasteiger partial charge in [0.15, 0.2) is 0 Å². The van der Waals surface area contributed by atoms with Crippen molar-refractivity contribution in [2.24, 2.45) is 0 Å². The molecule has 0 fully saturated rings. The summed E-state index contributed by atoms with van der Waals surface area (Å²) in [4.78, 5) is 12.2. The zero-order valence-corrected chi connectivity index (χ0v) is 15.0. The van der Waals surface area contributed by atoms with Gasteiger partial charge >= 0.3 is 5.97 Å². The summed E-state index contributed by atoms with van der Waals surface area (Å²) in [7, 11) is 0. The number of hydrogen-bond donors (Lipinski definition) is 0. The number of benzene rings is 2. The molecule has 0 bridgehead atoms. The molecule has 2 aromatic rings. The quantitative estimate of drug-likeness (QED) is 0.414. The van der Waals surface area contributed by atoms with Crippen LogP contribution in [-0.4, -0.2) is 50.3 Å². The summed E-state index contributed by atoms with van der Waals surface area (Å²) in [6, 6.07) is 13.5. The molecule has 0 unspecified atom stereocenters. The molecule has 2 aromatic carbocycles. The first kappa shape index (κ1) is 17.3. The molecule has 3 nitrogen and oxygen atoms in total. The van der Waals surface area contributed by atoms with Crippen molar-refractivity contribution in [3.8, 4) is 11.5 Å². The molecule has 0 amide bonds. The van der Waals surface area contributed by atoms with Gasteiger partial charge in [-0.25, -0.2) is 4.79 Å². The average molecular weight is 322 g/mol. The Balaban J connectivity index is 0.00000176. The van der Waals surface area contributed by atoms with Crippen molar-refractivity contribution in [3.05, 3.63) is 59.2 Å². The Hall–Kier alpha value is -1.03. The molecule has 0 spiro atoms. The molecule has 1 heterocycles. The minimum absolute atomic E-state index is 0. The maximum atomic E-state index is 12.2. The van der Waals surface area contributed by atoms with Crippen molar-refractivity contribution < 1.29 is 14.3 Å². The topological polar surface area (TPSA) is 35.5 Å². The number of carbonyl (C=O) groups is 1. The predicted molar refractivity (Wildman–Crippen MR) is 86.7 cm³/mol. The van der Waals surface area contributed by atoms with E-state index in [0.29, 0.717) is 18.6 Å². The number of esters is 1. The van der Waals surface area contributed by atoms with Crippen LogP contribution in [0.15, 0.2) is 42.5 Å². The summed E-state index contributed by atoms with van der Waals surface area (Å²) < 4.78 is 11.2. The van der Waals surface area contributed by atoms with Gasteiger partial charge in [0.1, 0.15) is 11.5 Å². The molecular formula is C18H18CaO3. The van der Waals surface area contributed by atoms with Crippen LogP contribution >= 0.6 is 0 Å². The Bertz CT molecular complexity index is 667. The van der Waals surface area contributed by atoms with Crippen LogP contribution in [0.25, 0.3) is 0 Å². The number of rotatable bonds is 4. The predicted octanol–water partition coefficient (Wildman–Crippen LogP) is 3.96. The molecule has 0 aromatic heterocycles. The standard InChI is InChI=1S/C18H18O3.Ca/c1-2-3-11-20-18(19)14-8-6-10-17-15(14)12-13-7-4-5-9-16(13)21-17;/h4-10H,2-3,11-12H2,1H3;. The third-order valence-electron chi connectivity index (χ3n) is 3.64. The summed E-state index contributed by atoms with van der Waals surface area (Å²) in [6.07, 6.45) is 2.60. The summed E-state index contributed by atoms with van der Waals surface area (Å²) in [5, 5.41) is 0. The van der Waals surface area contributed by atoms with Crippen molar-refractivity contribution >= 4 is 43.7 Å². The molecule has 1 aliphatic rings. The van der Waals surface area contributed by atoms with Gasteiger partial charge in [0.25, 0.3) is 0 Å². The minimum Gasteiger partial charge on any atom is -0.462 e. The van der Waals surface area contributed by atoms with Crippen molar-refractivity contribution in [1.82, 2.24) is 0 Å². The molecule has 22 heavy (non-hydrogen) atoms. The van der Waals surface area contributed by atoms with E-state index < -0.39 is 0 Å². The third-order valence-corrected chi connectivity index (χ3v) is 3.64. The number of unbranched alkanes of at least 4 members (excludes halogenated alkanes) is 1. The molecule has 2 radical (unpaired) electrons. The molecule has 0 saturated carbocycles. The van der Waals surface area contributed by atoms with E-state index in [2.05, 4.69) is 6.92 Å². The summed E-state index contributed by atoms with van der Waals surface area (Å²) in [5.74, 6) is 1.35. The Morgan fingerprint density at radius 2 is 1.91 bits per heavy atom. The Kier molecular flexibility index (Phi) is 6.30. The Labute approximate surface area is 160 Å². The molecule has 0 N–H and O–H groups in total.